The van der Waals surface area contributed by atoms with Gasteiger partial charge in [0.2, 0.25) is 0 Å². The number of nitrogens with zero attached hydrogens (tertiary/aromatic N) is 1. The molecule has 1 aromatic carbocycles. The van der Waals surface area contributed by atoms with E-state index in [9.17, 15) is 9.59 Å². The second kappa shape index (κ2) is 7.56. The van der Waals surface area contributed by atoms with E-state index in [4.69, 9.17) is 0 Å². The normalized spacial score (nSPS) is 15.1. The number of hydrogen-bond donors (Lipinski definition) is 1. The van der Waals surface area contributed by atoms with E-state index in [2.05, 4.69) is 27.8 Å². The molecule has 0 radical (unpaired) electrons. The van der Waals surface area contributed by atoms with Crippen LogP contribution in [0.2, 0.25) is 0 Å². The molecule has 4 nitrogen and oxygen atoms in total. The van der Waals surface area contributed by atoms with E-state index in [1.165, 1.54) is 37.6 Å². The minimum Gasteiger partial charge on any atom is -0.358 e. The van der Waals surface area contributed by atoms with Gasteiger partial charge in [0.25, 0.3) is 11.8 Å². The van der Waals surface area contributed by atoms with Crippen LogP contribution < -0.4 is 0 Å². The number of carbonyl (C=O) groups excluding carboxylic acids is 2. The maximum Gasteiger partial charge on any atom is 0.268 e. The van der Waals surface area contributed by atoms with Gasteiger partial charge in [0, 0.05) is 29.2 Å². The van der Waals surface area contributed by atoms with Crippen LogP contribution in [0.1, 0.15) is 50.3 Å². The van der Waals surface area contributed by atoms with Crippen molar-refractivity contribution in [1.82, 2.24) is 9.88 Å². The van der Waals surface area contributed by atoms with E-state index in [1.54, 1.807) is 0 Å². The van der Waals surface area contributed by atoms with E-state index >= 15 is 0 Å². The number of hydrogen-bond acceptors (Lipinski definition) is 2. The van der Waals surface area contributed by atoms with Gasteiger partial charge in [0.1, 0.15) is 0 Å². The largest absolute Gasteiger partial charge is 0.358 e. The highest BCUT2D eigenvalue weighted by molar-refractivity contribution is 9.12. The number of amides is 2. The SMILES string of the molecule is CCCCCCCc1[nH]c2ccccc2c1C1=C(Br)C(=O)N(C)C1=O. The molecule has 25 heavy (non-hydrogen) atoms. The highest BCUT2D eigenvalue weighted by Crippen LogP contribution is 2.38. The predicted octanol–water partition coefficient (Wildman–Crippen LogP) is 4.79. The van der Waals surface area contributed by atoms with E-state index < -0.39 is 0 Å². The van der Waals surface area contributed by atoms with Gasteiger partial charge in [0.05, 0.1) is 10.1 Å². The molecule has 0 spiro atoms. The summed E-state index contributed by atoms with van der Waals surface area (Å²) in [5.41, 5.74) is 3.40. The summed E-state index contributed by atoms with van der Waals surface area (Å²) in [6.07, 6.45) is 6.84. The Hall–Kier alpha value is -1.88. The van der Waals surface area contributed by atoms with Crippen LogP contribution in [0.15, 0.2) is 28.7 Å². The van der Waals surface area contributed by atoms with E-state index in [-0.39, 0.29) is 11.8 Å². The number of halogens is 1. The molecule has 5 heteroatoms. The second-order valence-electron chi connectivity index (χ2n) is 6.55. The molecule has 0 bridgehead atoms. The van der Waals surface area contributed by atoms with Crippen LogP contribution >= 0.6 is 15.9 Å². The van der Waals surface area contributed by atoms with Crippen LogP contribution in [0, 0.1) is 0 Å². The van der Waals surface area contributed by atoms with Gasteiger partial charge in [-0.15, -0.1) is 0 Å². The third kappa shape index (κ3) is 3.30. The van der Waals surface area contributed by atoms with Gasteiger partial charge in [-0.25, -0.2) is 0 Å². The molecule has 1 aromatic heterocycles. The summed E-state index contributed by atoms with van der Waals surface area (Å²) in [5, 5.41) is 0.995. The Labute approximate surface area is 156 Å². The third-order valence-corrected chi connectivity index (χ3v) is 5.53. The molecule has 0 saturated carbocycles. The third-order valence-electron chi connectivity index (χ3n) is 4.79. The molecule has 0 atom stereocenters. The molecule has 132 valence electrons. The van der Waals surface area contributed by atoms with Crippen molar-refractivity contribution in [2.45, 2.75) is 45.4 Å². The maximum absolute atomic E-state index is 12.6. The standard InChI is InChI=1S/C20H23BrN2O2/c1-3-4-5-6-7-12-15-16(13-10-8-9-11-14(13)22-15)17-18(21)20(25)23(2)19(17)24/h8-11,22H,3-7,12H2,1-2H3. The number of aromatic amines is 1. The summed E-state index contributed by atoms with van der Waals surface area (Å²) in [7, 11) is 1.53. The Morgan fingerprint density at radius 2 is 1.76 bits per heavy atom. The first-order valence-electron chi connectivity index (χ1n) is 8.88. The molecule has 0 fully saturated rings. The molecule has 2 aromatic rings. The number of carbonyl (C=O) groups is 2. The number of rotatable bonds is 7. The van der Waals surface area contributed by atoms with Gasteiger partial charge < -0.3 is 4.98 Å². The number of aryl methyl sites for hydroxylation is 1. The van der Waals surface area contributed by atoms with Crippen LogP contribution in [0.25, 0.3) is 16.5 Å². The average Bonchev–Trinajstić information content (AvgIpc) is 3.06. The topological polar surface area (TPSA) is 53.2 Å². The van der Waals surface area contributed by atoms with Crippen molar-refractivity contribution < 1.29 is 9.59 Å². The van der Waals surface area contributed by atoms with Crippen LogP contribution in [0.5, 0.6) is 0 Å². The van der Waals surface area contributed by atoms with Crippen molar-refractivity contribution in [3.8, 4) is 0 Å². The molecule has 0 saturated heterocycles. The molecule has 0 aliphatic carbocycles. The van der Waals surface area contributed by atoms with E-state index in [1.807, 2.05) is 24.3 Å². The van der Waals surface area contributed by atoms with Gasteiger partial charge in [-0.05, 0) is 34.8 Å². The Bertz CT molecular complexity index is 850. The fourth-order valence-electron chi connectivity index (χ4n) is 3.40. The smallest absolute Gasteiger partial charge is 0.268 e. The fourth-order valence-corrected chi connectivity index (χ4v) is 4.03. The van der Waals surface area contributed by atoms with Crippen LogP contribution in [-0.4, -0.2) is 28.7 Å². The minimum atomic E-state index is -0.279. The first-order valence-corrected chi connectivity index (χ1v) is 9.67. The van der Waals surface area contributed by atoms with E-state index in [0.717, 1.165) is 35.0 Å². The summed E-state index contributed by atoms with van der Waals surface area (Å²) < 4.78 is 0.358. The number of unbranched alkanes of at least 4 members (excludes halogenated alkanes) is 4. The van der Waals surface area contributed by atoms with Crippen LogP contribution in [0.3, 0.4) is 0 Å². The highest BCUT2D eigenvalue weighted by atomic mass is 79.9. The Morgan fingerprint density at radius 1 is 1.04 bits per heavy atom. The van der Waals surface area contributed by atoms with Crippen LogP contribution in [-0.2, 0) is 16.0 Å². The van der Waals surface area contributed by atoms with Gasteiger partial charge in [-0.2, -0.15) is 0 Å². The number of H-pyrrole nitrogens is 1. The van der Waals surface area contributed by atoms with Gasteiger partial charge in [0.15, 0.2) is 0 Å². The zero-order valence-electron chi connectivity index (χ0n) is 14.7. The fraction of sp³-hybridized carbons (Fsp3) is 0.400. The van der Waals surface area contributed by atoms with Gasteiger partial charge in [-0.1, -0.05) is 50.8 Å². The first-order chi connectivity index (χ1) is 12.1. The summed E-state index contributed by atoms with van der Waals surface area (Å²) >= 11 is 3.35. The number of para-hydroxylation sites is 1. The van der Waals surface area contributed by atoms with Crippen molar-refractivity contribution in [1.29, 1.82) is 0 Å². The highest BCUT2D eigenvalue weighted by Gasteiger charge is 2.37. The minimum absolute atomic E-state index is 0.242. The molecule has 2 heterocycles. The number of likely N-dealkylation sites (N-methyl/N-ethyl adjacent to an activating group) is 1. The molecule has 2 amide bonds. The zero-order chi connectivity index (χ0) is 18.0. The molecular formula is C20H23BrN2O2. The molecule has 1 aliphatic rings. The molecule has 1 N–H and O–H groups in total. The van der Waals surface area contributed by atoms with Crippen molar-refractivity contribution in [2.24, 2.45) is 0 Å². The Balaban J connectivity index is 2.00. The molecular weight excluding hydrogens is 380 g/mol. The molecule has 0 unspecified atom stereocenters. The Kier molecular flexibility index (Phi) is 5.42. The Morgan fingerprint density at radius 3 is 2.44 bits per heavy atom. The summed E-state index contributed by atoms with van der Waals surface area (Å²) in [4.78, 5) is 29.5. The lowest BCUT2D eigenvalue weighted by Crippen LogP contribution is -2.26. The van der Waals surface area contributed by atoms with Gasteiger partial charge >= 0.3 is 0 Å². The van der Waals surface area contributed by atoms with E-state index in [0.29, 0.717) is 10.1 Å². The number of imide groups is 1. The maximum atomic E-state index is 12.6. The number of fused-ring (bicyclic) bond motifs is 1. The molecule has 1 aliphatic heterocycles. The van der Waals surface area contributed by atoms with Crippen molar-refractivity contribution in [3.63, 3.8) is 0 Å². The summed E-state index contributed by atoms with van der Waals surface area (Å²) in [6, 6.07) is 7.96. The lowest BCUT2D eigenvalue weighted by atomic mass is 9.99. The predicted molar refractivity (Wildman–Crippen MR) is 104 cm³/mol. The first kappa shape index (κ1) is 17.9. The van der Waals surface area contributed by atoms with Crippen molar-refractivity contribution in [2.75, 3.05) is 7.05 Å². The second-order valence-corrected chi connectivity index (χ2v) is 7.34. The lowest BCUT2D eigenvalue weighted by Gasteiger charge is -2.08. The monoisotopic (exact) mass is 402 g/mol. The van der Waals surface area contributed by atoms with Crippen molar-refractivity contribution in [3.05, 3.63) is 40.0 Å². The lowest BCUT2D eigenvalue weighted by molar-refractivity contribution is -0.134. The number of nitrogens with one attached hydrogen (secondary N) is 1. The number of aromatic nitrogens is 1. The summed E-state index contributed by atoms with van der Waals surface area (Å²) in [6.45, 7) is 2.21. The number of benzene rings is 1. The molecule has 3 rings (SSSR count). The summed E-state index contributed by atoms with van der Waals surface area (Å²) in [5.74, 6) is -0.520. The quantitative estimate of drug-likeness (QED) is 0.534. The zero-order valence-corrected chi connectivity index (χ0v) is 16.3. The average molecular weight is 403 g/mol. The van der Waals surface area contributed by atoms with Crippen molar-refractivity contribution >= 4 is 44.2 Å². The van der Waals surface area contributed by atoms with Gasteiger partial charge in [-0.3, -0.25) is 14.5 Å². The van der Waals surface area contributed by atoms with Crippen LogP contribution in [0.4, 0.5) is 0 Å².